The minimum Gasteiger partial charge on any atom is -0.465 e. The van der Waals surface area contributed by atoms with Crippen LogP contribution in [0.2, 0.25) is 0 Å². The molecule has 2 atom stereocenters. The average Bonchev–Trinajstić information content (AvgIpc) is 2.89. The lowest BCUT2D eigenvalue weighted by Gasteiger charge is -2.15. The third-order valence-corrected chi connectivity index (χ3v) is 5.40. The molecule has 1 aliphatic rings. The molecule has 2 heterocycles. The number of aliphatic hydroxyl groups excluding tert-OH is 2. The molecule has 2 N–H and O–H groups in total. The molecule has 9 heteroatoms. The van der Waals surface area contributed by atoms with E-state index in [1.54, 1.807) is 0 Å². The number of rotatable bonds is 3. The molecule has 1 aromatic rings. The van der Waals surface area contributed by atoms with Crippen LogP contribution in [0.15, 0.2) is 9.31 Å². The maximum atomic E-state index is 12.6. The maximum absolute atomic E-state index is 12.6. The number of carbonyl (C=O) groups is 1. The van der Waals surface area contributed by atoms with Gasteiger partial charge in [0.2, 0.25) is 10.0 Å². The standard InChI is InChI=1S/C12H17NO7S/c1-6-10(12(16)19-3)11(7(2)20-6)21(17,18)13-4-8(14)9(15)5-13/h8-9,14-15H,4-5H2,1-3H3. The van der Waals surface area contributed by atoms with Gasteiger partial charge in [-0.15, -0.1) is 0 Å². The normalized spacial score (nSPS) is 23.5. The summed E-state index contributed by atoms with van der Waals surface area (Å²) in [6.45, 7) is 2.41. The predicted octanol–water partition coefficient (Wildman–Crippen LogP) is -0.591. The van der Waals surface area contributed by atoms with Gasteiger partial charge in [-0.25, -0.2) is 13.2 Å². The number of aryl methyl sites for hydroxylation is 2. The van der Waals surface area contributed by atoms with Gasteiger partial charge < -0.3 is 19.4 Å². The van der Waals surface area contributed by atoms with Crippen LogP contribution >= 0.6 is 0 Å². The molecule has 1 aromatic heterocycles. The number of aliphatic hydroxyl groups is 2. The fourth-order valence-corrected chi connectivity index (χ4v) is 4.22. The summed E-state index contributed by atoms with van der Waals surface area (Å²) < 4.78 is 36.0. The van der Waals surface area contributed by atoms with Crippen molar-refractivity contribution in [3.05, 3.63) is 17.1 Å². The summed E-state index contributed by atoms with van der Waals surface area (Å²) in [4.78, 5) is 11.5. The minimum absolute atomic E-state index is 0.0591. The number of ether oxygens (including phenoxy) is 1. The number of carbonyl (C=O) groups excluding carboxylic acids is 1. The molecule has 1 fully saturated rings. The van der Waals surface area contributed by atoms with Gasteiger partial charge in [0.05, 0.1) is 19.3 Å². The highest BCUT2D eigenvalue weighted by molar-refractivity contribution is 7.89. The van der Waals surface area contributed by atoms with Crippen LogP contribution in [-0.2, 0) is 14.8 Å². The summed E-state index contributed by atoms with van der Waals surface area (Å²) in [6.07, 6.45) is -2.32. The number of sulfonamides is 1. The molecule has 118 valence electrons. The number of hydrogen-bond acceptors (Lipinski definition) is 7. The molecule has 0 aromatic carbocycles. The molecule has 2 unspecified atom stereocenters. The van der Waals surface area contributed by atoms with Crippen LogP contribution in [0.5, 0.6) is 0 Å². The number of nitrogens with zero attached hydrogens (tertiary/aromatic N) is 1. The summed E-state index contributed by atoms with van der Waals surface area (Å²) in [6, 6.07) is 0. The highest BCUT2D eigenvalue weighted by Gasteiger charge is 2.41. The number of hydrogen-bond donors (Lipinski definition) is 2. The van der Waals surface area contributed by atoms with Crippen molar-refractivity contribution in [2.24, 2.45) is 0 Å². The molecule has 0 saturated carbocycles. The molecular formula is C12H17NO7S. The second-order valence-electron chi connectivity index (χ2n) is 4.87. The van der Waals surface area contributed by atoms with E-state index in [-0.39, 0.29) is 35.1 Å². The first-order valence-electron chi connectivity index (χ1n) is 6.24. The molecule has 21 heavy (non-hydrogen) atoms. The van der Waals surface area contributed by atoms with Crippen LogP contribution in [-0.4, -0.2) is 61.3 Å². The van der Waals surface area contributed by atoms with Crippen molar-refractivity contribution in [1.29, 1.82) is 0 Å². The van der Waals surface area contributed by atoms with E-state index < -0.39 is 28.2 Å². The Morgan fingerprint density at radius 2 is 1.76 bits per heavy atom. The minimum atomic E-state index is -4.08. The zero-order valence-electron chi connectivity index (χ0n) is 11.9. The van der Waals surface area contributed by atoms with Crippen molar-refractivity contribution < 1.29 is 32.6 Å². The van der Waals surface area contributed by atoms with Crippen molar-refractivity contribution in [2.45, 2.75) is 31.0 Å². The van der Waals surface area contributed by atoms with E-state index >= 15 is 0 Å². The van der Waals surface area contributed by atoms with Crippen LogP contribution in [0.1, 0.15) is 21.9 Å². The molecule has 8 nitrogen and oxygen atoms in total. The highest BCUT2D eigenvalue weighted by Crippen LogP contribution is 2.31. The largest absolute Gasteiger partial charge is 0.465 e. The Balaban J connectivity index is 2.53. The Labute approximate surface area is 122 Å². The summed E-state index contributed by atoms with van der Waals surface area (Å²) in [5.41, 5.74) is -0.161. The van der Waals surface area contributed by atoms with Crippen LogP contribution < -0.4 is 0 Å². The van der Waals surface area contributed by atoms with E-state index in [9.17, 15) is 23.4 Å². The van der Waals surface area contributed by atoms with Gasteiger partial charge in [-0.05, 0) is 13.8 Å². The third kappa shape index (κ3) is 2.57. The third-order valence-electron chi connectivity index (χ3n) is 3.42. The highest BCUT2D eigenvalue weighted by atomic mass is 32.2. The Hall–Kier alpha value is -1.42. The van der Waals surface area contributed by atoms with Crippen molar-refractivity contribution in [3.63, 3.8) is 0 Å². The Kier molecular flexibility index (Phi) is 4.11. The van der Waals surface area contributed by atoms with Crippen molar-refractivity contribution in [2.75, 3.05) is 20.2 Å². The van der Waals surface area contributed by atoms with Crippen LogP contribution in [0.3, 0.4) is 0 Å². The van der Waals surface area contributed by atoms with Crippen molar-refractivity contribution in [3.8, 4) is 0 Å². The number of methoxy groups -OCH3 is 1. The number of esters is 1. The molecule has 0 bridgehead atoms. The quantitative estimate of drug-likeness (QED) is 0.715. The van der Waals surface area contributed by atoms with Crippen LogP contribution in [0.25, 0.3) is 0 Å². The van der Waals surface area contributed by atoms with Gasteiger partial charge in [-0.2, -0.15) is 4.31 Å². The summed E-state index contributed by atoms with van der Waals surface area (Å²) in [5.74, 6) is -0.620. The van der Waals surface area contributed by atoms with E-state index in [1.165, 1.54) is 13.8 Å². The molecule has 1 saturated heterocycles. The Morgan fingerprint density at radius 3 is 2.24 bits per heavy atom. The predicted molar refractivity (Wildman–Crippen MR) is 70.3 cm³/mol. The molecule has 0 amide bonds. The average molecular weight is 319 g/mol. The number of β-amino-alcohol motifs (C(OH)–C–C–N with tert-alkyl or cyclic N) is 2. The second-order valence-corrected chi connectivity index (χ2v) is 6.74. The zero-order valence-corrected chi connectivity index (χ0v) is 12.7. The first-order valence-corrected chi connectivity index (χ1v) is 7.68. The van der Waals surface area contributed by atoms with Crippen LogP contribution in [0, 0.1) is 13.8 Å². The summed E-state index contributed by atoms with van der Waals surface area (Å²) >= 11 is 0. The van der Waals surface area contributed by atoms with Gasteiger partial charge in [0.1, 0.15) is 22.0 Å². The van der Waals surface area contributed by atoms with Crippen molar-refractivity contribution >= 4 is 16.0 Å². The van der Waals surface area contributed by atoms with E-state index in [2.05, 4.69) is 4.74 Å². The van der Waals surface area contributed by atoms with Gasteiger partial charge in [0.15, 0.2) is 0 Å². The summed E-state index contributed by atoms with van der Waals surface area (Å²) in [5, 5.41) is 19.0. The monoisotopic (exact) mass is 319 g/mol. The molecule has 2 rings (SSSR count). The SMILES string of the molecule is COC(=O)c1c(C)oc(C)c1S(=O)(=O)N1CC(O)C(O)C1. The molecule has 1 aliphatic heterocycles. The maximum Gasteiger partial charge on any atom is 0.342 e. The molecule has 0 aliphatic carbocycles. The second kappa shape index (κ2) is 5.41. The summed E-state index contributed by atoms with van der Waals surface area (Å²) in [7, 11) is -2.94. The fraction of sp³-hybridized carbons (Fsp3) is 0.583. The first-order chi connectivity index (χ1) is 9.70. The van der Waals surface area contributed by atoms with E-state index in [0.717, 1.165) is 11.4 Å². The van der Waals surface area contributed by atoms with Gasteiger partial charge in [-0.3, -0.25) is 0 Å². The lowest BCUT2D eigenvalue weighted by Crippen LogP contribution is -2.31. The first kappa shape index (κ1) is 16.0. The lowest BCUT2D eigenvalue weighted by molar-refractivity contribution is 0.0572. The molecular weight excluding hydrogens is 302 g/mol. The zero-order chi connectivity index (χ0) is 15.9. The van der Waals surface area contributed by atoms with E-state index in [4.69, 9.17) is 4.42 Å². The van der Waals surface area contributed by atoms with E-state index in [0.29, 0.717) is 0 Å². The Bertz CT molecular complexity index is 653. The number of furan rings is 1. The van der Waals surface area contributed by atoms with Gasteiger partial charge >= 0.3 is 5.97 Å². The molecule has 0 radical (unpaired) electrons. The van der Waals surface area contributed by atoms with Gasteiger partial charge in [0.25, 0.3) is 0 Å². The van der Waals surface area contributed by atoms with Gasteiger partial charge in [0, 0.05) is 13.1 Å². The lowest BCUT2D eigenvalue weighted by atomic mass is 10.2. The van der Waals surface area contributed by atoms with Gasteiger partial charge in [-0.1, -0.05) is 0 Å². The molecule has 0 spiro atoms. The van der Waals surface area contributed by atoms with Crippen molar-refractivity contribution in [1.82, 2.24) is 4.31 Å². The van der Waals surface area contributed by atoms with E-state index in [1.807, 2.05) is 0 Å². The topological polar surface area (TPSA) is 117 Å². The van der Waals surface area contributed by atoms with Crippen LogP contribution in [0.4, 0.5) is 0 Å². The smallest absolute Gasteiger partial charge is 0.342 e. The Morgan fingerprint density at radius 1 is 1.24 bits per heavy atom. The fourth-order valence-electron chi connectivity index (χ4n) is 2.37.